The van der Waals surface area contributed by atoms with Gasteiger partial charge in [-0.25, -0.2) is 0 Å². The Morgan fingerprint density at radius 1 is 0.808 bits per heavy atom. The molecule has 0 aliphatic rings. The van der Waals surface area contributed by atoms with Gasteiger partial charge in [0, 0.05) is 13.1 Å². The van der Waals surface area contributed by atoms with Gasteiger partial charge in [0.15, 0.2) is 0 Å². The minimum atomic E-state index is -4.10. The Labute approximate surface area is 160 Å². The van der Waals surface area contributed by atoms with Gasteiger partial charge in [0.25, 0.3) is 10.1 Å². The summed E-state index contributed by atoms with van der Waals surface area (Å²) in [7, 11) is -4.10. The van der Waals surface area contributed by atoms with E-state index in [1.54, 1.807) is 12.1 Å². The lowest BCUT2D eigenvalue weighted by Crippen LogP contribution is -2.11. The first-order chi connectivity index (χ1) is 12.5. The van der Waals surface area contributed by atoms with Gasteiger partial charge in [0.2, 0.25) is 0 Å². The van der Waals surface area contributed by atoms with E-state index >= 15 is 0 Å². The topological polar surface area (TPSA) is 106 Å². The zero-order chi connectivity index (χ0) is 19.7. The van der Waals surface area contributed by atoms with Crippen LogP contribution in [0.4, 0.5) is 0 Å². The molecule has 0 amide bonds. The third-order valence-corrected chi connectivity index (χ3v) is 5.17. The van der Waals surface area contributed by atoms with Gasteiger partial charge in [-0.3, -0.25) is 4.55 Å². The van der Waals surface area contributed by atoms with Gasteiger partial charge in [0.05, 0.1) is 4.90 Å². The van der Waals surface area contributed by atoms with E-state index in [0.29, 0.717) is 19.5 Å². The molecule has 1 aromatic rings. The van der Waals surface area contributed by atoms with E-state index < -0.39 is 10.1 Å². The molecule has 0 unspecified atom stereocenters. The molecular weight excluding hydrogens is 348 g/mol. The fourth-order valence-electron chi connectivity index (χ4n) is 2.76. The number of unbranched alkanes of at least 4 members (excludes halogenated alkanes) is 9. The summed E-state index contributed by atoms with van der Waals surface area (Å²) in [5.41, 5.74) is 10.5. The van der Waals surface area contributed by atoms with E-state index in [0.717, 1.165) is 18.4 Å². The highest BCUT2D eigenvalue weighted by molar-refractivity contribution is 7.85. The van der Waals surface area contributed by atoms with E-state index in [1.807, 2.05) is 6.07 Å². The van der Waals surface area contributed by atoms with Crippen molar-refractivity contribution in [1.82, 2.24) is 0 Å². The third kappa shape index (κ3) is 13.3. The van der Waals surface area contributed by atoms with Crippen LogP contribution in [0.15, 0.2) is 29.2 Å². The van der Waals surface area contributed by atoms with Crippen LogP contribution in [-0.2, 0) is 16.5 Å². The molecular formula is C20H38N2O3S. The van der Waals surface area contributed by atoms with Gasteiger partial charge < -0.3 is 11.5 Å². The lowest BCUT2D eigenvalue weighted by molar-refractivity contribution is 0.481. The second-order valence-electron chi connectivity index (χ2n) is 6.59. The summed E-state index contributed by atoms with van der Waals surface area (Å²) in [5.74, 6) is 0. The quantitative estimate of drug-likeness (QED) is 0.346. The lowest BCUT2D eigenvalue weighted by Gasteiger charge is -2.07. The molecule has 0 aliphatic carbocycles. The predicted octanol–water partition coefficient (Wildman–Crippen LogP) is 4.30. The highest BCUT2D eigenvalue weighted by Gasteiger charge is 2.13. The Bertz CT molecular complexity index is 546. The molecule has 0 aliphatic heterocycles. The minimum Gasteiger partial charge on any atom is -0.329 e. The van der Waals surface area contributed by atoms with Crippen molar-refractivity contribution in [2.45, 2.75) is 82.4 Å². The van der Waals surface area contributed by atoms with E-state index in [1.165, 1.54) is 57.4 Å². The number of rotatable bonds is 13. The maximum Gasteiger partial charge on any atom is 0.294 e. The summed E-state index contributed by atoms with van der Waals surface area (Å²) in [6.07, 6.45) is 13.3. The van der Waals surface area contributed by atoms with Crippen molar-refractivity contribution in [3.63, 3.8) is 0 Å². The van der Waals surface area contributed by atoms with Gasteiger partial charge >= 0.3 is 0 Å². The second-order valence-corrected chi connectivity index (χ2v) is 7.98. The van der Waals surface area contributed by atoms with Gasteiger partial charge in [0.1, 0.15) is 0 Å². The molecule has 0 aromatic heterocycles. The van der Waals surface area contributed by atoms with E-state index in [-0.39, 0.29) is 4.90 Å². The molecule has 26 heavy (non-hydrogen) atoms. The van der Waals surface area contributed by atoms with Crippen molar-refractivity contribution < 1.29 is 13.0 Å². The molecule has 0 bridgehead atoms. The Morgan fingerprint density at radius 3 is 1.73 bits per heavy atom. The SMILES string of the molecule is CCCCCCCCCCCCc1ccccc1S(=O)(=O)O.NCCN. The number of nitrogens with two attached hydrogens (primary N) is 2. The molecule has 0 atom stereocenters. The van der Waals surface area contributed by atoms with Crippen LogP contribution in [-0.4, -0.2) is 26.1 Å². The van der Waals surface area contributed by atoms with Crippen molar-refractivity contribution in [2.24, 2.45) is 11.5 Å². The Balaban J connectivity index is 0.00000141. The second kappa shape index (κ2) is 16.2. The van der Waals surface area contributed by atoms with Crippen LogP contribution >= 0.6 is 0 Å². The van der Waals surface area contributed by atoms with Crippen molar-refractivity contribution in [3.05, 3.63) is 29.8 Å². The Hall–Kier alpha value is -0.950. The first-order valence-electron chi connectivity index (χ1n) is 9.92. The van der Waals surface area contributed by atoms with E-state index in [2.05, 4.69) is 6.92 Å². The van der Waals surface area contributed by atoms with Crippen molar-refractivity contribution in [1.29, 1.82) is 0 Å². The minimum absolute atomic E-state index is 0.0610. The van der Waals surface area contributed by atoms with Gasteiger partial charge in [-0.1, -0.05) is 82.9 Å². The maximum atomic E-state index is 11.3. The largest absolute Gasteiger partial charge is 0.329 e. The van der Waals surface area contributed by atoms with Crippen LogP contribution in [0.3, 0.4) is 0 Å². The number of benzene rings is 1. The summed E-state index contributed by atoms with van der Waals surface area (Å²) in [6.45, 7) is 3.43. The monoisotopic (exact) mass is 386 g/mol. The van der Waals surface area contributed by atoms with Crippen molar-refractivity contribution in [3.8, 4) is 0 Å². The normalized spacial score (nSPS) is 11.1. The fraction of sp³-hybridized carbons (Fsp3) is 0.700. The van der Waals surface area contributed by atoms with Gasteiger partial charge in [-0.15, -0.1) is 0 Å². The average molecular weight is 387 g/mol. The van der Waals surface area contributed by atoms with Crippen LogP contribution in [0.2, 0.25) is 0 Å². The number of aryl methyl sites for hydroxylation is 1. The molecule has 1 aromatic carbocycles. The Kier molecular flexibility index (Phi) is 15.6. The summed E-state index contributed by atoms with van der Waals surface area (Å²) in [5, 5.41) is 0. The molecule has 0 saturated carbocycles. The van der Waals surface area contributed by atoms with Crippen LogP contribution in [0.1, 0.15) is 76.7 Å². The lowest BCUT2D eigenvalue weighted by atomic mass is 10.0. The molecule has 0 fully saturated rings. The van der Waals surface area contributed by atoms with E-state index in [9.17, 15) is 13.0 Å². The molecule has 0 heterocycles. The first kappa shape index (κ1) is 25.1. The molecule has 5 nitrogen and oxygen atoms in total. The van der Waals surface area contributed by atoms with Gasteiger partial charge in [-0.05, 0) is 24.5 Å². The summed E-state index contributed by atoms with van der Waals surface area (Å²) < 4.78 is 31.8. The molecule has 152 valence electrons. The molecule has 0 radical (unpaired) electrons. The van der Waals surface area contributed by atoms with E-state index in [4.69, 9.17) is 11.5 Å². The molecule has 6 heteroatoms. The zero-order valence-corrected chi connectivity index (χ0v) is 17.1. The average Bonchev–Trinajstić information content (AvgIpc) is 2.63. The van der Waals surface area contributed by atoms with Crippen LogP contribution in [0, 0.1) is 0 Å². The van der Waals surface area contributed by atoms with Crippen LogP contribution in [0.25, 0.3) is 0 Å². The standard InChI is InChI=1S/C18H30O3S.C2H8N2/c1-2-3-4-5-6-7-8-9-10-11-14-17-15-12-13-16-18(17)22(19,20)21;3-1-2-4/h12-13,15-16H,2-11,14H2,1H3,(H,19,20,21);1-4H2. The molecule has 0 spiro atoms. The van der Waals surface area contributed by atoms with Gasteiger partial charge in [-0.2, -0.15) is 8.42 Å². The maximum absolute atomic E-state index is 11.3. The highest BCUT2D eigenvalue weighted by atomic mass is 32.2. The molecule has 1 rings (SSSR count). The van der Waals surface area contributed by atoms with Crippen LogP contribution in [0.5, 0.6) is 0 Å². The number of hydrogen-bond acceptors (Lipinski definition) is 4. The summed E-state index contributed by atoms with van der Waals surface area (Å²) >= 11 is 0. The predicted molar refractivity (Wildman–Crippen MR) is 110 cm³/mol. The highest BCUT2D eigenvalue weighted by Crippen LogP contribution is 2.18. The fourth-order valence-corrected chi connectivity index (χ4v) is 3.52. The Morgan fingerprint density at radius 2 is 1.27 bits per heavy atom. The first-order valence-corrected chi connectivity index (χ1v) is 11.4. The van der Waals surface area contributed by atoms with Crippen molar-refractivity contribution >= 4 is 10.1 Å². The zero-order valence-electron chi connectivity index (χ0n) is 16.3. The van der Waals surface area contributed by atoms with Crippen molar-refractivity contribution in [2.75, 3.05) is 13.1 Å². The number of hydrogen-bond donors (Lipinski definition) is 3. The summed E-state index contributed by atoms with van der Waals surface area (Å²) in [4.78, 5) is 0.0610. The molecule has 0 saturated heterocycles. The molecule has 5 N–H and O–H groups in total. The summed E-state index contributed by atoms with van der Waals surface area (Å²) in [6, 6.07) is 6.73. The van der Waals surface area contributed by atoms with Crippen LogP contribution < -0.4 is 11.5 Å². The smallest absolute Gasteiger partial charge is 0.294 e. The third-order valence-electron chi connectivity index (χ3n) is 4.22.